The maximum atomic E-state index is 14.8. The van der Waals surface area contributed by atoms with Crippen molar-refractivity contribution in [2.75, 3.05) is 26.5 Å². The number of aryl methyl sites for hydroxylation is 1. The Morgan fingerprint density at radius 2 is 1.70 bits per heavy atom. The van der Waals surface area contributed by atoms with Gasteiger partial charge in [-0.2, -0.15) is 4.39 Å². The first-order valence-corrected chi connectivity index (χ1v) is 14.7. The Bertz CT molecular complexity index is 1700. The molecule has 2 aromatic carbocycles. The first-order valence-electron chi connectivity index (χ1n) is 14.7. The van der Waals surface area contributed by atoms with E-state index in [1.54, 1.807) is 22.9 Å². The van der Waals surface area contributed by atoms with Crippen LogP contribution in [0.15, 0.2) is 60.3 Å². The van der Waals surface area contributed by atoms with E-state index in [0.717, 1.165) is 37.1 Å². The molecule has 4 aromatic rings. The third-order valence-corrected chi connectivity index (χ3v) is 8.03. The number of hydrogen-bond donors (Lipinski definition) is 3. The van der Waals surface area contributed by atoms with Crippen LogP contribution in [0.2, 0.25) is 0 Å². The molecule has 3 N–H and O–H groups in total. The zero-order chi connectivity index (χ0) is 31.5. The maximum absolute atomic E-state index is 14.8. The Morgan fingerprint density at radius 3 is 2.34 bits per heavy atom. The van der Waals surface area contributed by atoms with Crippen LogP contribution < -0.4 is 20.7 Å². The average molecular weight is 604 g/mol. The second-order valence-corrected chi connectivity index (χ2v) is 11.6. The number of hydrogen-bond acceptors (Lipinski definition) is 7. The van der Waals surface area contributed by atoms with Gasteiger partial charge in [-0.25, -0.2) is 14.4 Å². The van der Waals surface area contributed by atoms with Crippen molar-refractivity contribution in [1.29, 1.82) is 0 Å². The number of nitrogens with zero attached hydrogens (tertiary/aromatic N) is 4. The highest BCUT2D eigenvalue weighted by Crippen LogP contribution is 2.32. The van der Waals surface area contributed by atoms with E-state index in [2.05, 4.69) is 44.7 Å². The highest BCUT2D eigenvalue weighted by atomic mass is 19.2. The summed E-state index contributed by atoms with van der Waals surface area (Å²) >= 11 is 0. The number of aromatic nitrogens is 3. The fourth-order valence-electron chi connectivity index (χ4n) is 5.79. The Labute approximate surface area is 256 Å². The summed E-state index contributed by atoms with van der Waals surface area (Å²) in [6, 6.07) is 8.85. The number of anilines is 2. The molecule has 0 unspecified atom stereocenters. The molecular weight excluding hydrogens is 564 g/mol. The summed E-state index contributed by atoms with van der Waals surface area (Å²) in [5, 5.41) is 10.1. The van der Waals surface area contributed by atoms with Crippen molar-refractivity contribution >= 4 is 23.1 Å². The van der Waals surface area contributed by atoms with Crippen LogP contribution in [0.3, 0.4) is 0 Å². The molecule has 0 bridgehead atoms. The lowest BCUT2D eigenvalue weighted by Gasteiger charge is -2.33. The number of fused-ring (bicyclic) bond motifs is 1. The van der Waals surface area contributed by atoms with Gasteiger partial charge < -0.3 is 25.6 Å². The van der Waals surface area contributed by atoms with Crippen molar-refractivity contribution in [1.82, 2.24) is 29.9 Å². The van der Waals surface area contributed by atoms with Gasteiger partial charge in [-0.05, 0) is 87.9 Å². The van der Waals surface area contributed by atoms with Crippen molar-refractivity contribution in [3.8, 4) is 17.0 Å². The van der Waals surface area contributed by atoms with Crippen LogP contribution in [0.4, 0.5) is 20.3 Å². The molecule has 2 aromatic heterocycles. The molecule has 1 aliphatic carbocycles. The Morgan fingerprint density at radius 1 is 1.00 bits per heavy atom. The number of methoxy groups -OCH3 is 1. The second-order valence-electron chi connectivity index (χ2n) is 11.6. The number of benzene rings is 2. The first-order chi connectivity index (χ1) is 21.1. The third kappa shape index (κ3) is 6.31. The fraction of sp³-hybridized carbons (Fsp3) is 0.364. The Kier molecular flexibility index (Phi) is 9.03. The molecule has 1 amide bonds. The second kappa shape index (κ2) is 12.9. The molecule has 0 radical (unpaired) electrons. The van der Waals surface area contributed by atoms with Gasteiger partial charge in [0.1, 0.15) is 0 Å². The zero-order valence-electron chi connectivity index (χ0n) is 26.0. The fourth-order valence-corrected chi connectivity index (χ4v) is 5.79. The summed E-state index contributed by atoms with van der Waals surface area (Å²) in [5.41, 5.74) is 4.25. The molecule has 44 heavy (non-hydrogen) atoms. The number of carbonyl (C=O) groups excluding carboxylic acids is 1. The minimum Gasteiger partial charge on any atom is -0.494 e. The van der Waals surface area contributed by atoms with E-state index in [9.17, 15) is 13.6 Å². The number of halogens is 2. The number of nitrogens with one attached hydrogen (secondary N) is 3. The quantitative estimate of drug-likeness (QED) is 0.210. The summed E-state index contributed by atoms with van der Waals surface area (Å²) in [5.74, 6) is -0.752. The van der Waals surface area contributed by atoms with Crippen molar-refractivity contribution in [3.05, 3.63) is 83.1 Å². The molecule has 0 atom stereocenters. The summed E-state index contributed by atoms with van der Waals surface area (Å²) in [4.78, 5) is 24.1. The smallest absolute Gasteiger partial charge is 0.251 e. The van der Waals surface area contributed by atoms with Crippen molar-refractivity contribution < 1.29 is 18.3 Å². The SMILES string of the molecule is COc1ccc(-c2cnc3c(Nc4ccc(C(=O)N[C@H]5CC[C@@H](NC(=C(C)C)N(C)C)CC5)c(C)c4)nccn23)c(F)c1F. The Hall–Kier alpha value is -4.67. The normalized spacial score (nSPS) is 16.4. The van der Waals surface area contributed by atoms with Crippen LogP contribution in [0, 0.1) is 18.6 Å². The van der Waals surface area contributed by atoms with E-state index >= 15 is 0 Å². The van der Waals surface area contributed by atoms with Crippen molar-refractivity contribution in [2.24, 2.45) is 0 Å². The van der Waals surface area contributed by atoms with Gasteiger partial charge in [0, 0.05) is 55.4 Å². The van der Waals surface area contributed by atoms with Gasteiger partial charge in [-0.3, -0.25) is 9.20 Å². The third-order valence-electron chi connectivity index (χ3n) is 8.03. The predicted molar refractivity (Wildman–Crippen MR) is 168 cm³/mol. The molecule has 1 aliphatic rings. The van der Waals surface area contributed by atoms with E-state index in [-0.39, 0.29) is 23.3 Å². The molecule has 1 fully saturated rings. The van der Waals surface area contributed by atoms with Gasteiger partial charge in [-0.15, -0.1) is 0 Å². The molecule has 5 rings (SSSR count). The number of ether oxygens (including phenoxy) is 1. The predicted octanol–water partition coefficient (Wildman–Crippen LogP) is 6.18. The lowest BCUT2D eigenvalue weighted by atomic mass is 9.90. The summed E-state index contributed by atoms with van der Waals surface area (Å²) in [6.07, 6.45) is 8.48. The highest BCUT2D eigenvalue weighted by Gasteiger charge is 2.24. The van der Waals surface area contributed by atoms with Crippen LogP contribution in [0.1, 0.15) is 55.5 Å². The number of imidazole rings is 1. The molecule has 232 valence electrons. The molecule has 9 nitrogen and oxygen atoms in total. The van der Waals surface area contributed by atoms with Crippen LogP contribution in [0.25, 0.3) is 16.9 Å². The van der Waals surface area contributed by atoms with Gasteiger partial charge in [0.25, 0.3) is 5.91 Å². The monoisotopic (exact) mass is 603 g/mol. The molecular formula is C33H39F2N7O2. The molecule has 1 saturated carbocycles. The van der Waals surface area contributed by atoms with E-state index < -0.39 is 11.6 Å². The topological polar surface area (TPSA) is 95.8 Å². The van der Waals surface area contributed by atoms with Crippen LogP contribution in [-0.2, 0) is 0 Å². The first kappa shape index (κ1) is 30.8. The highest BCUT2D eigenvalue weighted by molar-refractivity contribution is 5.96. The number of allylic oxidation sites excluding steroid dienone is 1. The Balaban J connectivity index is 1.25. The van der Waals surface area contributed by atoms with E-state index in [4.69, 9.17) is 4.74 Å². The molecule has 0 saturated heterocycles. The molecule has 11 heteroatoms. The van der Waals surface area contributed by atoms with E-state index in [1.165, 1.54) is 31.0 Å². The average Bonchev–Trinajstić information content (AvgIpc) is 3.42. The number of amides is 1. The lowest BCUT2D eigenvalue weighted by Crippen LogP contribution is -2.43. The number of carbonyl (C=O) groups is 1. The minimum absolute atomic E-state index is 0.0510. The van der Waals surface area contributed by atoms with Crippen LogP contribution >= 0.6 is 0 Å². The number of rotatable bonds is 9. The summed E-state index contributed by atoms with van der Waals surface area (Å²) in [6.45, 7) is 6.11. The van der Waals surface area contributed by atoms with Crippen LogP contribution in [0.5, 0.6) is 5.75 Å². The molecule has 0 spiro atoms. The summed E-state index contributed by atoms with van der Waals surface area (Å²) in [7, 11) is 5.38. The van der Waals surface area contributed by atoms with Gasteiger partial charge in [0.2, 0.25) is 5.82 Å². The van der Waals surface area contributed by atoms with Gasteiger partial charge in [0.05, 0.1) is 24.8 Å². The molecule has 2 heterocycles. The maximum Gasteiger partial charge on any atom is 0.251 e. The van der Waals surface area contributed by atoms with Gasteiger partial charge >= 0.3 is 0 Å². The largest absolute Gasteiger partial charge is 0.494 e. The molecule has 0 aliphatic heterocycles. The van der Waals surface area contributed by atoms with Crippen molar-refractivity contribution in [2.45, 2.75) is 58.5 Å². The van der Waals surface area contributed by atoms with Crippen molar-refractivity contribution in [3.63, 3.8) is 0 Å². The van der Waals surface area contributed by atoms with Gasteiger partial charge in [-0.1, -0.05) is 0 Å². The summed E-state index contributed by atoms with van der Waals surface area (Å²) < 4.78 is 35.7. The van der Waals surface area contributed by atoms with Crippen LogP contribution in [-0.4, -0.2) is 58.5 Å². The van der Waals surface area contributed by atoms with E-state index in [1.807, 2.05) is 33.2 Å². The minimum atomic E-state index is -1.06. The van der Waals surface area contributed by atoms with E-state index in [0.29, 0.717) is 34.5 Å². The lowest BCUT2D eigenvalue weighted by molar-refractivity contribution is 0.0923. The van der Waals surface area contributed by atoms with Gasteiger partial charge in [0.15, 0.2) is 23.0 Å². The zero-order valence-corrected chi connectivity index (χ0v) is 26.0. The standard InChI is InChI=1S/C33H39F2N7O2/c1-19(2)31(41(4)5)39-21-7-9-22(10-8-21)40-33(43)24-12-11-23(17-20(24)3)38-30-32-37-18-26(42(32)16-15-36-30)25-13-14-27(44-6)29(35)28(25)34/h11-18,21-22,39H,7-10H2,1-6H3,(H,36,38)(H,40,43)/t21-,22+.